The zero-order valence-electron chi connectivity index (χ0n) is 14.4. The van der Waals surface area contributed by atoms with Gasteiger partial charge in [-0.3, -0.25) is 0 Å². The minimum absolute atomic E-state index is 0.459. The van der Waals surface area contributed by atoms with Crippen LogP contribution in [-0.4, -0.2) is 32.3 Å². The van der Waals surface area contributed by atoms with E-state index in [4.69, 9.17) is 0 Å². The van der Waals surface area contributed by atoms with Crippen LogP contribution in [0.3, 0.4) is 0 Å². The Kier molecular flexibility index (Phi) is 6.09. The summed E-state index contributed by atoms with van der Waals surface area (Å²) >= 11 is 1.68. The van der Waals surface area contributed by atoms with Crippen LogP contribution in [-0.2, 0) is 20.1 Å². The van der Waals surface area contributed by atoms with Gasteiger partial charge in [-0.05, 0) is 19.8 Å². The Bertz CT molecular complexity index is 657. The molecule has 2 N–H and O–H groups in total. The summed E-state index contributed by atoms with van der Waals surface area (Å²) in [7, 11) is 1.95. The van der Waals surface area contributed by atoms with Gasteiger partial charge in [-0.15, -0.1) is 21.5 Å². The van der Waals surface area contributed by atoms with E-state index in [0.717, 1.165) is 34.9 Å². The predicted molar refractivity (Wildman–Crippen MR) is 93.6 cm³/mol. The topological polar surface area (TPSA) is 80.0 Å². The van der Waals surface area contributed by atoms with Crippen LogP contribution in [0, 0.1) is 6.92 Å². The van der Waals surface area contributed by atoms with Crippen LogP contribution in [0.15, 0.2) is 10.4 Å². The average molecular weight is 335 g/mol. The number of hydrogen-bond acceptors (Lipinski definition) is 5. The maximum atomic E-state index is 4.62. The van der Waals surface area contributed by atoms with Crippen LogP contribution in [0.25, 0.3) is 0 Å². The third-order valence-electron chi connectivity index (χ3n) is 3.47. The van der Waals surface area contributed by atoms with E-state index < -0.39 is 0 Å². The molecule has 2 rings (SSSR count). The Morgan fingerprint density at radius 3 is 2.70 bits per heavy atom. The molecule has 0 radical (unpaired) electrons. The Morgan fingerprint density at radius 1 is 1.35 bits per heavy atom. The second kappa shape index (κ2) is 8.05. The molecule has 0 aliphatic heterocycles. The largest absolute Gasteiger partial charge is 0.357 e. The number of aliphatic imine (C=N–C) groups is 1. The van der Waals surface area contributed by atoms with Crippen LogP contribution in [0.5, 0.6) is 0 Å². The van der Waals surface area contributed by atoms with E-state index in [9.17, 15) is 0 Å². The molecule has 0 atom stereocenters. The van der Waals surface area contributed by atoms with Gasteiger partial charge in [-0.2, -0.15) is 0 Å². The SMILES string of the molecule is CCNC(=NCc1nnc(C)n1C)NCc1nc(C(C)C)cs1. The quantitative estimate of drug-likeness (QED) is 0.623. The zero-order valence-corrected chi connectivity index (χ0v) is 15.2. The number of guanidine groups is 1. The summed E-state index contributed by atoms with van der Waals surface area (Å²) in [6.45, 7) is 10.2. The molecule has 2 aromatic rings. The molecule has 0 saturated carbocycles. The van der Waals surface area contributed by atoms with Gasteiger partial charge in [-0.1, -0.05) is 13.8 Å². The molecule has 0 bridgehead atoms. The van der Waals surface area contributed by atoms with Gasteiger partial charge in [0.15, 0.2) is 11.8 Å². The molecule has 0 aromatic carbocycles. The molecule has 0 aliphatic carbocycles. The molecular formula is C15H25N7S. The number of nitrogens with zero attached hydrogens (tertiary/aromatic N) is 5. The first kappa shape index (κ1) is 17.4. The summed E-state index contributed by atoms with van der Waals surface area (Å²) < 4.78 is 1.95. The van der Waals surface area contributed by atoms with E-state index in [1.807, 2.05) is 25.5 Å². The van der Waals surface area contributed by atoms with Crippen LogP contribution in [0.4, 0.5) is 0 Å². The Balaban J connectivity index is 1.97. The highest BCUT2D eigenvalue weighted by molar-refractivity contribution is 7.09. The molecule has 2 heterocycles. The molecule has 0 unspecified atom stereocenters. The third-order valence-corrected chi connectivity index (χ3v) is 4.34. The molecule has 0 amide bonds. The molecule has 8 heteroatoms. The lowest BCUT2D eigenvalue weighted by atomic mass is 10.2. The van der Waals surface area contributed by atoms with Crippen molar-refractivity contribution in [3.05, 3.63) is 27.7 Å². The van der Waals surface area contributed by atoms with Gasteiger partial charge in [0.1, 0.15) is 17.4 Å². The zero-order chi connectivity index (χ0) is 16.8. The van der Waals surface area contributed by atoms with Crippen LogP contribution in [0.2, 0.25) is 0 Å². The fourth-order valence-corrected chi connectivity index (χ4v) is 2.81. The second-order valence-corrected chi connectivity index (χ2v) is 6.53. The van der Waals surface area contributed by atoms with Gasteiger partial charge >= 0.3 is 0 Å². The number of thiazole rings is 1. The summed E-state index contributed by atoms with van der Waals surface area (Å²) in [5, 5.41) is 17.9. The first-order chi connectivity index (χ1) is 11.0. The number of aryl methyl sites for hydroxylation is 1. The minimum atomic E-state index is 0.459. The minimum Gasteiger partial charge on any atom is -0.357 e. The van der Waals surface area contributed by atoms with Crippen molar-refractivity contribution in [3.63, 3.8) is 0 Å². The summed E-state index contributed by atoms with van der Waals surface area (Å²) in [5.74, 6) is 2.95. The number of nitrogens with one attached hydrogen (secondary N) is 2. The lowest BCUT2D eigenvalue weighted by Gasteiger charge is -2.10. The van der Waals surface area contributed by atoms with Gasteiger partial charge in [0.05, 0.1) is 12.2 Å². The van der Waals surface area contributed by atoms with Crippen molar-refractivity contribution in [2.45, 2.75) is 46.7 Å². The van der Waals surface area contributed by atoms with Crippen LogP contribution in [0.1, 0.15) is 49.0 Å². The molecule has 0 aliphatic rings. The van der Waals surface area contributed by atoms with Crippen molar-refractivity contribution < 1.29 is 0 Å². The highest BCUT2D eigenvalue weighted by atomic mass is 32.1. The molecule has 7 nitrogen and oxygen atoms in total. The van der Waals surface area contributed by atoms with Gasteiger partial charge in [-0.25, -0.2) is 9.98 Å². The number of aromatic nitrogens is 4. The Labute approximate surface area is 141 Å². The van der Waals surface area contributed by atoms with Crippen LogP contribution >= 0.6 is 11.3 Å². The van der Waals surface area contributed by atoms with E-state index in [0.29, 0.717) is 19.0 Å². The molecule has 126 valence electrons. The first-order valence-electron chi connectivity index (χ1n) is 7.82. The summed E-state index contributed by atoms with van der Waals surface area (Å²) in [5.41, 5.74) is 1.14. The fraction of sp³-hybridized carbons (Fsp3) is 0.600. The fourth-order valence-electron chi connectivity index (χ4n) is 1.91. The lowest BCUT2D eigenvalue weighted by Crippen LogP contribution is -2.36. The average Bonchev–Trinajstić information content (AvgIpc) is 3.11. The molecule has 0 fully saturated rings. The maximum absolute atomic E-state index is 4.62. The third kappa shape index (κ3) is 4.75. The van der Waals surface area contributed by atoms with E-state index >= 15 is 0 Å². The highest BCUT2D eigenvalue weighted by Gasteiger charge is 2.07. The van der Waals surface area contributed by atoms with Crippen molar-refractivity contribution >= 4 is 17.3 Å². The first-order valence-corrected chi connectivity index (χ1v) is 8.70. The van der Waals surface area contributed by atoms with E-state index in [2.05, 4.69) is 50.0 Å². The van der Waals surface area contributed by atoms with Gasteiger partial charge in [0, 0.05) is 19.0 Å². The maximum Gasteiger partial charge on any atom is 0.192 e. The van der Waals surface area contributed by atoms with E-state index in [1.165, 1.54) is 0 Å². The van der Waals surface area contributed by atoms with Crippen molar-refractivity contribution in [2.75, 3.05) is 6.54 Å². The van der Waals surface area contributed by atoms with Gasteiger partial charge in [0.25, 0.3) is 0 Å². The van der Waals surface area contributed by atoms with Crippen molar-refractivity contribution in [3.8, 4) is 0 Å². The smallest absolute Gasteiger partial charge is 0.192 e. The standard InChI is InChI=1S/C15H25N7S/c1-6-16-15(17-7-13-21-20-11(4)22(13)5)18-8-14-19-12(9-23-14)10(2)3/h9-10H,6-8H2,1-5H3,(H2,16,17,18). The van der Waals surface area contributed by atoms with E-state index in [1.54, 1.807) is 11.3 Å². The highest BCUT2D eigenvalue weighted by Crippen LogP contribution is 2.17. The van der Waals surface area contributed by atoms with Gasteiger partial charge < -0.3 is 15.2 Å². The summed E-state index contributed by atoms with van der Waals surface area (Å²) in [4.78, 5) is 9.19. The molecular weight excluding hydrogens is 310 g/mol. The number of rotatable bonds is 6. The number of hydrogen-bond donors (Lipinski definition) is 2. The summed E-state index contributed by atoms with van der Waals surface area (Å²) in [6, 6.07) is 0. The van der Waals surface area contributed by atoms with Crippen LogP contribution < -0.4 is 10.6 Å². The van der Waals surface area contributed by atoms with Crippen molar-refractivity contribution in [2.24, 2.45) is 12.0 Å². The Morgan fingerprint density at radius 2 is 2.13 bits per heavy atom. The summed E-state index contributed by atoms with van der Waals surface area (Å²) in [6.07, 6.45) is 0. The monoisotopic (exact) mass is 335 g/mol. The lowest BCUT2D eigenvalue weighted by molar-refractivity contribution is 0.752. The Hall–Kier alpha value is -1.96. The molecule has 2 aromatic heterocycles. The molecule has 0 spiro atoms. The second-order valence-electron chi connectivity index (χ2n) is 5.59. The van der Waals surface area contributed by atoms with Crippen molar-refractivity contribution in [1.29, 1.82) is 0 Å². The molecule has 23 heavy (non-hydrogen) atoms. The molecule has 0 saturated heterocycles. The van der Waals surface area contributed by atoms with E-state index in [-0.39, 0.29) is 0 Å². The predicted octanol–water partition coefficient (Wildman–Crippen LogP) is 1.96. The van der Waals surface area contributed by atoms with Gasteiger partial charge in [0.2, 0.25) is 0 Å². The van der Waals surface area contributed by atoms with Crippen molar-refractivity contribution in [1.82, 2.24) is 30.4 Å². The normalized spacial score (nSPS) is 12.0.